The van der Waals surface area contributed by atoms with Crippen molar-refractivity contribution in [1.29, 1.82) is 0 Å². The monoisotopic (exact) mass is 409 g/mol. The molecule has 1 atom stereocenters. The zero-order valence-corrected chi connectivity index (χ0v) is 16.6. The van der Waals surface area contributed by atoms with Gasteiger partial charge in [-0.05, 0) is 36.6 Å². The standard InChI is InChI=1S/C22H23N3O5/c1-22(16-7-8-17-18(13-16)30-12-11-29-17)20(27)25(21(28)24-22)14-19(26)23-10-9-15-5-3-2-4-6-15/h2-8,13H,9-12,14H2,1H3,(H,23,26)(H,24,28). The number of nitrogens with zero attached hydrogens (tertiary/aromatic N) is 1. The minimum absolute atomic E-state index is 0.334. The molecule has 1 unspecified atom stereocenters. The van der Waals surface area contributed by atoms with Gasteiger partial charge in [0.15, 0.2) is 11.5 Å². The van der Waals surface area contributed by atoms with Gasteiger partial charge in [-0.15, -0.1) is 0 Å². The van der Waals surface area contributed by atoms with Crippen LogP contribution in [0, 0.1) is 0 Å². The lowest BCUT2D eigenvalue weighted by molar-refractivity contribution is -0.134. The Labute approximate surface area is 174 Å². The number of rotatable bonds is 6. The molecular formula is C22H23N3O5. The molecular weight excluding hydrogens is 386 g/mol. The molecule has 2 aliphatic heterocycles. The molecule has 2 aromatic rings. The van der Waals surface area contributed by atoms with E-state index in [-0.39, 0.29) is 12.5 Å². The third-order valence-corrected chi connectivity index (χ3v) is 5.27. The predicted molar refractivity (Wildman–Crippen MR) is 108 cm³/mol. The molecule has 8 nitrogen and oxygen atoms in total. The largest absolute Gasteiger partial charge is 0.486 e. The Kier molecular flexibility index (Phi) is 5.31. The minimum Gasteiger partial charge on any atom is -0.486 e. The van der Waals surface area contributed by atoms with Gasteiger partial charge in [-0.3, -0.25) is 14.5 Å². The van der Waals surface area contributed by atoms with Crippen LogP contribution in [-0.4, -0.2) is 49.0 Å². The highest BCUT2D eigenvalue weighted by atomic mass is 16.6. The van der Waals surface area contributed by atoms with Gasteiger partial charge in [-0.25, -0.2) is 4.79 Å². The molecule has 0 spiro atoms. The quantitative estimate of drug-likeness (QED) is 0.706. The normalized spacial score (nSPS) is 20.1. The van der Waals surface area contributed by atoms with Crippen molar-refractivity contribution in [1.82, 2.24) is 15.5 Å². The third kappa shape index (κ3) is 3.80. The smallest absolute Gasteiger partial charge is 0.325 e. The van der Waals surface area contributed by atoms with E-state index in [1.165, 1.54) is 0 Å². The van der Waals surface area contributed by atoms with Crippen molar-refractivity contribution in [2.24, 2.45) is 0 Å². The van der Waals surface area contributed by atoms with Gasteiger partial charge in [0.1, 0.15) is 25.3 Å². The summed E-state index contributed by atoms with van der Waals surface area (Å²) in [6.07, 6.45) is 0.668. The first-order chi connectivity index (χ1) is 14.5. The Hall–Kier alpha value is -3.55. The number of benzene rings is 2. The lowest BCUT2D eigenvalue weighted by Crippen LogP contribution is -2.43. The number of carbonyl (C=O) groups excluding carboxylic acids is 3. The van der Waals surface area contributed by atoms with Crippen molar-refractivity contribution in [2.45, 2.75) is 18.9 Å². The summed E-state index contributed by atoms with van der Waals surface area (Å²) in [5.41, 5.74) is 0.383. The van der Waals surface area contributed by atoms with Gasteiger partial charge < -0.3 is 20.1 Å². The van der Waals surface area contributed by atoms with Crippen LogP contribution in [0.3, 0.4) is 0 Å². The van der Waals surface area contributed by atoms with Gasteiger partial charge >= 0.3 is 6.03 Å². The number of imide groups is 1. The summed E-state index contributed by atoms with van der Waals surface area (Å²) in [4.78, 5) is 38.7. The summed E-state index contributed by atoms with van der Waals surface area (Å²) in [6, 6.07) is 14.3. The molecule has 2 aliphatic rings. The van der Waals surface area contributed by atoms with Crippen molar-refractivity contribution in [3.05, 3.63) is 59.7 Å². The number of fused-ring (bicyclic) bond motifs is 1. The highest BCUT2D eigenvalue weighted by Gasteiger charge is 2.49. The maximum Gasteiger partial charge on any atom is 0.325 e. The highest BCUT2D eigenvalue weighted by molar-refractivity contribution is 6.09. The van der Waals surface area contributed by atoms with Crippen molar-refractivity contribution in [2.75, 3.05) is 26.3 Å². The topological polar surface area (TPSA) is 97.0 Å². The van der Waals surface area contributed by atoms with Gasteiger partial charge in [-0.2, -0.15) is 0 Å². The molecule has 2 N–H and O–H groups in total. The molecule has 0 aromatic heterocycles. The maximum absolute atomic E-state index is 13.0. The van der Waals surface area contributed by atoms with Gasteiger partial charge in [0.05, 0.1) is 0 Å². The molecule has 1 fully saturated rings. The highest BCUT2D eigenvalue weighted by Crippen LogP contribution is 2.36. The fourth-order valence-electron chi connectivity index (χ4n) is 3.58. The lowest BCUT2D eigenvalue weighted by atomic mass is 9.91. The first-order valence-electron chi connectivity index (χ1n) is 9.82. The van der Waals surface area contributed by atoms with Crippen molar-refractivity contribution >= 4 is 17.8 Å². The van der Waals surface area contributed by atoms with Crippen LogP contribution in [0.4, 0.5) is 4.79 Å². The number of nitrogens with one attached hydrogen (secondary N) is 2. The van der Waals surface area contributed by atoms with Gasteiger partial charge in [0.25, 0.3) is 5.91 Å². The SMILES string of the molecule is CC1(c2ccc3c(c2)OCCO3)NC(=O)N(CC(=O)NCCc2ccccc2)C1=O. The Bertz CT molecular complexity index is 978. The summed E-state index contributed by atoms with van der Waals surface area (Å²) in [6.45, 7) is 2.59. The van der Waals surface area contributed by atoms with Crippen LogP contribution in [-0.2, 0) is 21.5 Å². The molecule has 30 heavy (non-hydrogen) atoms. The second kappa shape index (κ2) is 8.06. The zero-order valence-electron chi connectivity index (χ0n) is 16.6. The van der Waals surface area contributed by atoms with Crippen molar-refractivity contribution < 1.29 is 23.9 Å². The second-order valence-electron chi connectivity index (χ2n) is 7.39. The molecule has 0 radical (unpaired) electrons. The van der Waals surface area contributed by atoms with E-state index in [9.17, 15) is 14.4 Å². The summed E-state index contributed by atoms with van der Waals surface area (Å²) < 4.78 is 11.1. The Balaban J connectivity index is 1.40. The van der Waals surface area contributed by atoms with Crippen LogP contribution < -0.4 is 20.1 Å². The van der Waals surface area contributed by atoms with Crippen LogP contribution >= 0.6 is 0 Å². The van der Waals surface area contributed by atoms with Crippen molar-refractivity contribution in [3.63, 3.8) is 0 Å². The summed E-state index contributed by atoms with van der Waals surface area (Å²) in [7, 11) is 0. The fraction of sp³-hybridized carbons (Fsp3) is 0.318. The Morgan fingerprint density at radius 3 is 2.60 bits per heavy atom. The molecule has 1 saturated heterocycles. The molecule has 0 bridgehead atoms. The Morgan fingerprint density at radius 1 is 1.10 bits per heavy atom. The van der Waals surface area contributed by atoms with Crippen LogP contribution in [0.2, 0.25) is 0 Å². The van der Waals surface area contributed by atoms with E-state index in [4.69, 9.17) is 9.47 Å². The van der Waals surface area contributed by atoms with Crippen LogP contribution in [0.1, 0.15) is 18.1 Å². The summed E-state index contributed by atoms with van der Waals surface area (Å²) in [5, 5.41) is 5.46. The number of hydrogen-bond acceptors (Lipinski definition) is 5. The second-order valence-corrected chi connectivity index (χ2v) is 7.39. The number of urea groups is 1. The molecule has 2 aromatic carbocycles. The summed E-state index contributed by atoms with van der Waals surface area (Å²) >= 11 is 0. The van der Waals surface area contributed by atoms with Crippen molar-refractivity contribution in [3.8, 4) is 11.5 Å². The molecule has 4 rings (SSSR count). The number of ether oxygens (including phenoxy) is 2. The van der Waals surface area contributed by atoms with E-state index in [1.807, 2.05) is 30.3 Å². The Morgan fingerprint density at radius 2 is 1.83 bits per heavy atom. The van der Waals surface area contributed by atoms with E-state index in [0.29, 0.717) is 43.2 Å². The molecule has 2 heterocycles. The maximum atomic E-state index is 13.0. The first-order valence-corrected chi connectivity index (χ1v) is 9.82. The van der Waals surface area contributed by atoms with E-state index in [1.54, 1.807) is 25.1 Å². The molecule has 156 valence electrons. The molecule has 0 saturated carbocycles. The molecule has 0 aliphatic carbocycles. The minimum atomic E-state index is -1.28. The van der Waals surface area contributed by atoms with Gasteiger partial charge in [-0.1, -0.05) is 36.4 Å². The van der Waals surface area contributed by atoms with Gasteiger partial charge in [0.2, 0.25) is 5.91 Å². The molecule has 4 amide bonds. The summed E-state index contributed by atoms with van der Waals surface area (Å²) in [5.74, 6) is 0.252. The van der Waals surface area contributed by atoms with Gasteiger partial charge in [0, 0.05) is 6.54 Å². The lowest BCUT2D eigenvalue weighted by Gasteiger charge is -2.25. The van der Waals surface area contributed by atoms with Crippen LogP contribution in [0.5, 0.6) is 11.5 Å². The predicted octanol–water partition coefficient (Wildman–Crippen LogP) is 1.58. The van der Waals surface area contributed by atoms with E-state index in [0.717, 1.165) is 10.5 Å². The van der Waals surface area contributed by atoms with E-state index in [2.05, 4.69) is 10.6 Å². The molecule has 8 heteroatoms. The third-order valence-electron chi connectivity index (χ3n) is 5.27. The van der Waals surface area contributed by atoms with E-state index < -0.39 is 17.5 Å². The van der Waals surface area contributed by atoms with E-state index >= 15 is 0 Å². The first kappa shape index (κ1) is 19.8. The zero-order chi connectivity index (χ0) is 21.1. The number of carbonyl (C=O) groups is 3. The number of hydrogen-bond donors (Lipinski definition) is 2. The average Bonchev–Trinajstić information content (AvgIpc) is 2.98. The average molecular weight is 409 g/mol. The van der Waals surface area contributed by atoms with Crippen LogP contribution in [0.15, 0.2) is 48.5 Å². The number of amides is 4. The fourth-order valence-corrected chi connectivity index (χ4v) is 3.58. The van der Waals surface area contributed by atoms with Crippen LogP contribution in [0.25, 0.3) is 0 Å².